The van der Waals surface area contributed by atoms with Crippen LogP contribution in [-0.4, -0.2) is 41.5 Å². The van der Waals surface area contributed by atoms with Crippen molar-refractivity contribution in [1.29, 1.82) is 0 Å². The zero-order chi connectivity index (χ0) is 24.2. The number of anilines is 2. The van der Waals surface area contributed by atoms with Gasteiger partial charge in [0.15, 0.2) is 0 Å². The maximum atomic E-state index is 13.9. The maximum Gasteiger partial charge on any atom is 0.412 e. The Morgan fingerprint density at radius 3 is 2.42 bits per heavy atom. The summed E-state index contributed by atoms with van der Waals surface area (Å²) in [5, 5.41) is 5.76. The number of hydrogen-bond acceptors (Lipinski definition) is 4. The van der Waals surface area contributed by atoms with Crippen LogP contribution in [-0.2, 0) is 9.53 Å². The molecule has 0 spiro atoms. The highest BCUT2D eigenvalue weighted by Gasteiger charge is 2.29. The number of carbonyl (C=O) groups is 3. The van der Waals surface area contributed by atoms with E-state index >= 15 is 0 Å². The van der Waals surface area contributed by atoms with Gasteiger partial charge in [0, 0.05) is 23.7 Å². The Morgan fingerprint density at radius 2 is 1.76 bits per heavy atom. The average Bonchev–Trinajstić information content (AvgIpc) is 2.74. The third kappa shape index (κ3) is 6.92. The van der Waals surface area contributed by atoms with Crippen molar-refractivity contribution in [2.75, 3.05) is 23.7 Å². The number of hydrogen-bond donors (Lipinski definition) is 2. The molecule has 1 aliphatic heterocycles. The first kappa shape index (κ1) is 24.5. The van der Waals surface area contributed by atoms with E-state index in [0.29, 0.717) is 30.0 Å². The number of rotatable bonds is 4. The number of nitrogens with zero attached hydrogens (tertiary/aromatic N) is 1. The fourth-order valence-electron chi connectivity index (χ4n) is 3.53. The largest absolute Gasteiger partial charge is 0.444 e. The fraction of sp³-hybridized carbons (Fsp3) is 0.375. The van der Waals surface area contributed by atoms with E-state index in [-0.39, 0.29) is 29.7 Å². The predicted molar refractivity (Wildman–Crippen MR) is 125 cm³/mol. The molecule has 2 aromatic carbocycles. The zero-order valence-corrected chi connectivity index (χ0v) is 19.5. The van der Waals surface area contributed by atoms with Crippen LogP contribution < -0.4 is 10.6 Å². The monoisotopic (exact) mass is 475 g/mol. The highest BCUT2D eigenvalue weighted by atomic mass is 35.5. The molecular formula is C24H27ClFN3O4. The number of piperidine rings is 1. The summed E-state index contributed by atoms with van der Waals surface area (Å²) in [6, 6.07) is 10.2. The quantitative estimate of drug-likeness (QED) is 0.626. The molecule has 33 heavy (non-hydrogen) atoms. The van der Waals surface area contributed by atoms with Gasteiger partial charge in [-0.05, 0) is 76.1 Å². The minimum atomic E-state index is -0.720. The van der Waals surface area contributed by atoms with Gasteiger partial charge in [-0.25, -0.2) is 9.18 Å². The van der Waals surface area contributed by atoms with Gasteiger partial charge >= 0.3 is 6.09 Å². The van der Waals surface area contributed by atoms with Crippen molar-refractivity contribution >= 4 is 40.9 Å². The van der Waals surface area contributed by atoms with Crippen LogP contribution in [0.3, 0.4) is 0 Å². The number of benzene rings is 2. The van der Waals surface area contributed by atoms with Crippen LogP contribution >= 0.6 is 11.6 Å². The number of halogens is 2. The lowest BCUT2D eigenvalue weighted by atomic mass is 9.96. The van der Waals surface area contributed by atoms with E-state index in [0.717, 1.165) is 6.07 Å². The average molecular weight is 476 g/mol. The van der Waals surface area contributed by atoms with Crippen LogP contribution in [0, 0.1) is 11.7 Å². The number of carbonyl (C=O) groups excluding carboxylic acids is 3. The standard InChI is InChI=1S/C24H27ClFN3O4/c1-24(2,3)33-23(32)28-19-11-10-18(26)13-20(19)27-21(30)16-5-4-12-29(14-16)22(31)15-6-8-17(25)9-7-15/h6-11,13,16H,4-5,12,14H2,1-3H3,(H,27,30)(H,28,32). The first-order valence-electron chi connectivity index (χ1n) is 10.7. The third-order valence-corrected chi connectivity index (χ3v) is 5.30. The van der Waals surface area contributed by atoms with Gasteiger partial charge < -0.3 is 15.0 Å². The second kappa shape index (κ2) is 10.2. The summed E-state index contributed by atoms with van der Waals surface area (Å²) in [5.74, 6) is -1.58. The molecule has 1 saturated heterocycles. The molecule has 7 nitrogen and oxygen atoms in total. The second-order valence-corrected chi connectivity index (χ2v) is 9.34. The third-order valence-electron chi connectivity index (χ3n) is 5.05. The maximum absolute atomic E-state index is 13.9. The van der Waals surface area contributed by atoms with Crippen LogP contribution in [0.25, 0.3) is 0 Å². The molecule has 176 valence electrons. The number of nitrogens with one attached hydrogen (secondary N) is 2. The molecule has 3 rings (SSSR count). The summed E-state index contributed by atoms with van der Waals surface area (Å²) in [6.07, 6.45) is 0.520. The molecule has 0 aromatic heterocycles. The van der Waals surface area contributed by atoms with E-state index in [9.17, 15) is 18.8 Å². The molecule has 9 heteroatoms. The highest BCUT2D eigenvalue weighted by molar-refractivity contribution is 6.30. The molecule has 0 aliphatic carbocycles. The summed E-state index contributed by atoms with van der Waals surface area (Å²) in [6.45, 7) is 5.94. The molecule has 1 fully saturated rings. The molecule has 3 amide bonds. The van der Waals surface area contributed by atoms with Crippen LogP contribution in [0.5, 0.6) is 0 Å². The molecule has 0 bridgehead atoms. The van der Waals surface area contributed by atoms with Crippen LogP contribution in [0.4, 0.5) is 20.6 Å². The smallest absolute Gasteiger partial charge is 0.412 e. The van der Waals surface area contributed by atoms with E-state index in [4.69, 9.17) is 16.3 Å². The van der Waals surface area contributed by atoms with E-state index < -0.39 is 23.4 Å². The van der Waals surface area contributed by atoms with Crippen LogP contribution in [0.2, 0.25) is 5.02 Å². The summed E-state index contributed by atoms with van der Waals surface area (Å²) in [5.41, 5.74) is 0.112. The highest BCUT2D eigenvalue weighted by Crippen LogP contribution is 2.26. The molecule has 1 unspecified atom stereocenters. The topological polar surface area (TPSA) is 87.7 Å². The molecule has 2 aromatic rings. The summed E-state index contributed by atoms with van der Waals surface area (Å²) >= 11 is 5.89. The van der Waals surface area contributed by atoms with Crippen molar-refractivity contribution in [3.63, 3.8) is 0 Å². The van der Waals surface area contributed by atoms with Gasteiger partial charge in [0.2, 0.25) is 5.91 Å². The van der Waals surface area contributed by atoms with E-state index in [1.54, 1.807) is 49.9 Å². The van der Waals surface area contributed by atoms with Crippen LogP contribution in [0.1, 0.15) is 44.0 Å². The van der Waals surface area contributed by atoms with Crippen molar-refractivity contribution in [1.82, 2.24) is 4.90 Å². The Balaban J connectivity index is 1.69. The van der Waals surface area contributed by atoms with Gasteiger partial charge in [-0.2, -0.15) is 0 Å². The number of ether oxygens (including phenoxy) is 1. The van der Waals surface area contributed by atoms with Gasteiger partial charge in [-0.1, -0.05) is 11.6 Å². The fourth-order valence-corrected chi connectivity index (χ4v) is 3.65. The molecular weight excluding hydrogens is 449 g/mol. The molecule has 0 radical (unpaired) electrons. The SMILES string of the molecule is CC(C)(C)OC(=O)Nc1ccc(F)cc1NC(=O)C1CCCN(C(=O)c2ccc(Cl)cc2)C1. The Bertz CT molecular complexity index is 1040. The summed E-state index contributed by atoms with van der Waals surface area (Å²) in [4.78, 5) is 39.5. The predicted octanol–water partition coefficient (Wildman–Crippen LogP) is 5.32. The zero-order valence-electron chi connectivity index (χ0n) is 18.8. The number of amides is 3. The van der Waals surface area contributed by atoms with Gasteiger partial charge in [0.05, 0.1) is 17.3 Å². The molecule has 2 N–H and O–H groups in total. The molecule has 0 saturated carbocycles. The second-order valence-electron chi connectivity index (χ2n) is 8.90. The lowest BCUT2D eigenvalue weighted by molar-refractivity contribution is -0.121. The Kier molecular flexibility index (Phi) is 7.58. The lowest BCUT2D eigenvalue weighted by Crippen LogP contribution is -2.43. The summed E-state index contributed by atoms with van der Waals surface area (Å²) in [7, 11) is 0. The van der Waals surface area contributed by atoms with Gasteiger partial charge in [-0.15, -0.1) is 0 Å². The van der Waals surface area contributed by atoms with E-state index in [2.05, 4.69) is 10.6 Å². The first-order chi connectivity index (χ1) is 15.5. The van der Waals surface area contributed by atoms with Crippen molar-refractivity contribution in [3.05, 3.63) is 58.9 Å². The Labute approximate surface area is 197 Å². The van der Waals surface area contributed by atoms with E-state index in [1.807, 2.05) is 0 Å². The first-order valence-corrected chi connectivity index (χ1v) is 11.0. The van der Waals surface area contributed by atoms with Crippen LogP contribution in [0.15, 0.2) is 42.5 Å². The van der Waals surface area contributed by atoms with Crippen molar-refractivity contribution in [2.24, 2.45) is 5.92 Å². The van der Waals surface area contributed by atoms with Gasteiger partial charge in [-0.3, -0.25) is 14.9 Å². The van der Waals surface area contributed by atoms with Gasteiger partial charge in [0.1, 0.15) is 11.4 Å². The molecule has 1 atom stereocenters. The minimum Gasteiger partial charge on any atom is -0.444 e. The van der Waals surface area contributed by atoms with Crippen molar-refractivity contribution < 1.29 is 23.5 Å². The minimum absolute atomic E-state index is 0.118. The Morgan fingerprint density at radius 1 is 1.06 bits per heavy atom. The van der Waals surface area contributed by atoms with Crippen molar-refractivity contribution in [3.8, 4) is 0 Å². The van der Waals surface area contributed by atoms with Crippen molar-refractivity contribution in [2.45, 2.75) is 39.2 Å². The van der Waals surface area contributed by atoms with E-state index in [1.165, 1.54) is 12.1 Å². The Hall–Kier alpha value is -3.13. The summed E-state index contributed by atoms with van der Waals surface area (Å²) < 4.78 is 19.1. The molecule has 1 heterocycles. The molecule has 1 aliphatic rings. The lowest BCUT2D eigenvalue weighted by Gasteiger charge is -2.32. The normalized spacial score (nSPS) is 16.2. The van der Waals surface area contributed by atoms with Gasteiger partial charge in [0.25, 0.3) is 5.91 Å². The number of likely N-dealkylation sites (tertiary alicyclic amines) is 1.